The van der Waals surface area contributed by atoms with Crippen LogP contribution >= 0.6 is 0 Å². The second-order valence-corrected chi connectivity index (χ2v) is 7.66. The van der Waals surface area contributed by atoms with Gasteiger partial charge in [0.25, 0.3) is 0 Å². The molecule has 0 bridgehead atoms. The molecule has 0 radical (unpaired) electrons. The number of benzene rings is 1. The standard InChI is InChI=1S/C22H28N4O/c1-15(2)26-20(16-9-11-18(27-3)12-10-16)13-19-21(23-14-24-22(19)26)25-17-7-5-4-6-8-17/h9-15,17H,4-8H2,1-3H3,(H,23,24,25). The Morgan fingerprint density at radius 3 is 2.48 bits per heavy atom. The lowest BCUT2D eigenvalue weighted by atomic mass is 9.95. The highest BCUT2D eigenvalue weighted by molar-refractivity contribution is 5.92. The zero-order valence-corrected chi connectivity index (χ0v) is 16.4. The lowest BCUT2D eigenvalue weighted by Gasteiger charge is -2.23. The summed E-state index contributed by atoms with van der Waals surface area (Å²) in [6.07, 6.45) is 8.09. The Morgan fingerprint density at radius 1 is 1.07 bits per heavy atom. The van der Waals surface area contributed by atoms with Crippen LogP contribution in [0.25, 0.3) is 22.3 Å². The van der Waals surface area contributed by atoms with E-state index in [4.69, 9.17) is 4.74 Å². The molecule has 4 rings (SSSR count). The predicted octanol–water partition coefficient (Wildman–Crippen LogP) is 5.43. The van der Waals surface area contributed by atoms with Gasteiger partial charge in [-0.2, -0.15) is 0 Å². The van der Waals surface area contributed by atoms with E-state index in [0.29, 0.717) is 12.1 Å². The molecular formula is C22H28N4O. The maximum absolute atomic E-state index is 5.31. The SMILES string of the molecule is COc1ccc(-c2cc3c(NC4CCCCC4)ncnc3n2C(C)C)cc1. The first-order valence-electron chi connectivity index (χ1n) is 9.94. The van der Waals surface area contributed by atoms with Crippen molar-refractivity contribution < 1.29 is 4.74 Å². The molecule has 0 unspecified atom stereocenters. The monoisotopic (exact) mass is 364 g/mol. The number of fused-ring (bicyclic) bond motifs is 1. The van der Waals surface area contributed by atoms with Gasteiger partial charge in [-0.25, -0.2) is 9.97 Å². The molecule has 5 nitrogen and oxygen atoms in total. The number of nitrogens with one attached hydrogen (secondary N) is 1. The fraction of sp³-hybridized carbons (Fsp3) is 0.455. The number of hydrogen-bond donors (Lipinski definition) is 1. The van der Waals surface area contributed by atoms with E-state index in [-0.39, 0.29) is 0 Å². The molecule has 1 N–H and O–H groups in total. The third-order valence-corrected chi connectivity index (χ3v) is 5.48. The topological polar surface area (TPSA) is 52.0 Å². The van der Waals surface area contributed by atoms with Gasteiger partial charge < -0.3 is 14.6 Å². The Labute approximate surface area is 160 Å². The van der Waals surface area contributed by atoms with Crippen molar-refractivity contribution >= 4 is 16.9 Å². The Balaban J connectivity index is 1.78. The predicted molar refractivity (Wildman–Crippen MR) is 110 cm³/mol. The number of aromatic nitrogens is 3. The van der Waals surface area contributed by atoms with Crippen LogP contribution in [-0.4, -0.2) is 27.7 Å². The highest BCUT2D eigenvalue weighted by Gasteiger charge is 2.20. The minimum atomic E-state index is 0.303. The van der Waals surface area contributed by atoms with Crippen molar-refractivity contribution in [3.63, 3.8) is 0 Å². The summed E-state index contributed by atoms with van der Waals surface area (Å²) in [5.74, 6) is 1.83. The molecule has 1 fully saturated rings. The normalized spacial score (nSPS) is 15.4. The van der Waals surface area contributed by atoms with Crippen LogP contribution in [0.5, 0.6) is 5.75 Å². The number of ether oxygens (including phenoxy) is 1. The Hall–Kier alpha value is -2.56. The first kappa shape index (κ1) is 17.8. The summed E-state index contributed by atoms with van der Waals surface area (Å²) in [7, 11) is 1.69. The quantitative estimate of drug-likeness (QED) is 0.655. The van der Waals surface area contributed by atoms with Crippen molar-refractivity contribution in [2.45, 2.75) is 58.0 Å². The van der Waals surface area contributed by atoms with E-state index in [2.05, 4.69) is 51.9 Å². The van der Waals surface area contributed by atoms with E-state index in [9.17, 15) is 0 Å². The smallest absolute Gasteiger partial charge is 0.146 e. The molecule has 2 aromatic heterocycles. The zero-order valence-electron chi connectivity index (χ0n) is 16.4. The molecule has 27 heavy (non-hydrogen) atoms. The summed E-state index contributed by atoms with van der Waals surface area (Å²) in [6, 6.07) is 11.3. The van der Waals surface area contributed by atoms with Crippen LogP contribution in [0.2, 0.25) is 0 Å². The Morgan fingerprint density at radius 2 is 1.81 bits per heavy atom. The molecule has 3 aromatic rings. The van der Waals surface area contributed by atoms with Crippen LogP contribution in [0.1, 0.15) is 52.0 Å². The number of anilines is 1. The summed E-state index contributed by atoms with van der Waals surface area (Å²) in [6.45, 7) is 4.39. The van der Waals surface area contributed by atoms with Crippen LogP contribution in [0.4, 0.5) is 5.82 Å². The van der Waals surface area contributed by atoms with Gasteiger partial charge >= 0.3 is 0 Å². The van der Waals surface area contributed by atoms with Crippen molar-refractivity contribution in [1.29, 1.82) is 0 Å². The second-order valence-electron chi connectivity index (χ2n) is 7.66. The van der Waals surface area contributed by atoms with Crippen molar-refractivity contribution in [3.8, 4) is 17.0 Å². The Kier molecular flexibility index (Phi) is 5.01. The summed E-state index contributed by atoms with van der Waals surface area (Å²) < 4.78 is 7.60. The average Bonchev–Trinajstić information content (AvgIpc) is 3.10. The van der Waals surface area contributed by atoms with Gasteiger partial charge in [-0.1, -0.05) is 19.3 Å². The van der Waals surface area contributed by atoms with E-state index in [1.165, 1.54) is 32.1 Å². The van der Waals surface area contributed by atoms with Gasteiger partial charge in [-0.15, -0.1) is 0 Å². The number of nitrogens with zero attached hydrogens (tertiary/aromatic N) is 3. The third-order valence-electron chi connectivity index (χ3n) is 5.48. The van der Waals surface area contributed by atoms with Crippen LogP contribution in [0, 0.1) is 0 Å². The highest BCUT2D eigenvalue weighted by atomic mass is 16.5. The van der Waals surface area contributed by atoms with Crippen molar-refractivity contribution in [3.05, 3.63) is 36.7 Å². The fourth-order valence-electron chi connectivity index (χ4n) is 4.09. The van der Waals surface area contributed by atoms with E-state index in [1.807, 2.05) is 12.1 Å². The number of rotatable bonds is 5. The van der Waals surface area contributed by atoms with Gasteiger partial charge in [0, 0.05) is 12.1 Å². The average molecular weight is 364 g/mol. The molecule has 5 heteroatoms. The molecule has 1 aliphatic carbocycles. The molecule has 2 heterocycles. The van der Waals surface area contributed by atoms with Crippen LogP contribution in [0.3, 0.4) is 0 Å². The van der Waals surface area contributed by atoms with Crippen molar-refractivity contribution in [1.82, 2.24) is 14.5 Å². The second kappa shape index (κ2) is 7.59. The lowest BCUT2D eigenvalue weighted by Crippen LogP contribution is -2.23. The Bertz CT molecular complexity index is 908. The molecule has 0 atom stereocenters. The molecule has 1 saturated carbocycles. The van der Waals surface area contributed by atoms with Crippen LogP contribution in [-0.2, 0) is 0 Å². The first-order chi connectivity index (χ1) is 13.2. The van der Waals surface area contributed by atoms with Crippen LogP contribution in [0.15, 0.2) is 36.7 Å². The van der Waals surface area contributed by atoms with E-state index < -0.39 is 0 Å². The molecule has 142 valence electrons. The van der Waals surface area contributed by atoms with E-state index >= 15 is 0 Å². The van der Waals surface area contributed by atoms with Crippen LogP contribution < -0.4 is 10.1 Å². The maximum Gasteiger partial charge on any atom is 0.146 e. The highest BCUT2D eigenvalue weighted by Crippen LogP contribution is 2.34. The van der Waals surface area contributed by atoms with Gasteiger partial charge in [0.05, 0.1) is 18.2 Å². The zero-order chi connectivity index (χ0) is 18.8. The third kappa shape index (κ3) is 3.51. The van der Waals surface area contributed by atoms with Gasteiger partial charge in [-0.3, -0.25) is 0 Å². The molecule has 1 aliphatic rings. The first-order valence-corrected chi connectivity index (χ1v) is 9.94. The fourth-order valence-corrected chi connectivity index (χ4v) is 4.09. The van der Waals surface area contributed by atoms with E-state index in [1.54, 1.807) is 13.4 Å². The summed E-state index contributed by atoms with van der Waals surface area (Å²) in [4.78, 5) is 9.20. The lowest BCUT2D eigenvalue weighted by molar-refractivity contribution is 0.415. The largest absolute Gasteiger partial charge is 0.497 e. The van der Waals surface area contributed by atoms with E-state index in [0.717, 1.165) is 33.9 Å². The minimum Gasteiger partial charge on any atom is -0.497 e. The number of methoxy groups -OCH3 is 1. The molecule has 0 spiro atoms. The number of hydrogen-bond acceptors (Lipinski definition) is 4. The van der Waals surface area contributed by atoms with Gasteiger partial charge in [0.2, 0.25) is 0 Å². The maximum atomic E-state index is 5.31. The summed E-state index contributed by atoms with van der Waals surface area (Å²) >= 11 is 0. The molecular weight excluding hydrogens is 336 g/mol. The van der Waals surface area contributed by atoms with Gasteiger partial charge in [0.1, 0.15) is 23.5 Å². The van der Waals surface area contributed by atoms with Crippen molar-refractivity contribution in [2.24, 2.45) is 0 Å². The molecule has 1 aromatic carbocycles. The molecule has 0 amide bonds. The molecule has 0 aliphatic heterocycles. The minimum absolute atomic E-state index is 0.303. The molecule has 0 saturated heterocycles. The summed E-state index contributed by atoms with van der Waals surface area (Å²) in [5.41, 5.74) is 3.31. The summed E-state index contributed by atoms with van der Waals surface area (Å²) in [5, 5.41) is 4.79. The van der Waals surface area contributed by atoms with Gasteiger partial charge in [0.15, 0.2) is 0 Å². The van der Waals surface area contributed by atoms with Crippen molar-refractivity contribution in [2.75, 3.05) is 12.4 Å². The van der Waals surface area contributed by atoms with Gasteiger partial charge in [-0.05, 0) is 62.6 Å².